The molecular formula is C25H25BrF3N5O2. The second kappa shape index (κ2) is 10.9. The van der Waals surface area contributed by atoms with Crippen molar-refractivity contribution in [2.24, 2.45) is 5.73 Å². The van der Waals surface area contributed by atoms with E-state index in [1.54, 1.807) is 6.07 Å². The lowest BCUT2D eigenvalue weighted by atomic mass is 9.84. The Bertz CT molecular complexity index is 1260. The Morgan fingerprint density at radius 3 is 2.67 bits per heavy atom. The number of carbonyl (C=O) groups excluding carboxylic acids is 1. The minimum absolute atomic E-state index is 0.0296. The normalized spacial score (nSPS) is 20.7. The fraction of sp³-hybridized carbons (Fsp3) is 0.320. The maximum absolute atomic E-state index is 15.0. The van der Waals surface area contributed by atoms with Gasteiger partial charge in [-0.25, -0.2) is 23.1 Å². The highest BCUT2D eigenvalue weighted by atomic mass is 79.9. The molecule has 1 aromatic heterocycles. The molecule has 1 unspecified atom stereocenters. The molecule has 2 aromatic carbocycles. The Balaban J connectivity index is 1.56. The largest absolute Gasteiger partial charge is 0.390 e. The zero-order valence-electron chi connectivity index (χ0n) is 19.1. The van der Waals surface area contributed by atoms with E-state index in [1.807, 2.05) is 0 Å². The van der Waals surface area contributed by atoms with Gasteiger partial charge < -0.3 is 21.9 Å². The summed E-state index contributed by atoms with van der Waals surface area (Å²) >= 11 is 3.20. The topological polar surface area (TPSA) is 127 Å². The van der Waals surface area contributed by atoms with Crippen molar-refractivity contribution in [2.45, 2.75) is 43.5 Å². The smallest absolute Gasteiger partial charge is 0.254 e. The lowest BCUT2D eigenvalue weighted by Crippen LogP contribution is -2.34. The molecule has 36 heavy (non-hydrogen) atoms. The predicted molar refractivity (Wildman–Crippen MR) is 133 cm³/mol. The summed E-state index contributed by atoms with van der Waals surface area (Å²) in [5.74, 6) is -2.24. The van der Waals surface area contributed by atoms with Gasteiger partial charge in [0.2, 0.25) is 0 Å². The van der Waals surface area contributed by atoms with Gasteiger partial charge in [0.1, 0.15) is 29.3 Å². The number of alkyl halides is 1. The van der Waals surface area contributed by atoms with Crippen LogP contribution >= 0.6 is 15.9 Å². The van der Waals surface area contributed by atoms with E-state index in [2.05, 4.69) is 31.2 Å². The first-order valence-corrected chi connectivity index (χ1v) is 12.2. The van der Waals surface area contributed by atoms with Gasteiger partial charge in [-0.2, -0.15) is 0 Å². The van der Waals surface area contributed by atoms with Crippen LogP contribution in [0.25, 0.3) is 11.3 Å². The molecule has 1 aliphatic carbocycles. The second-order valence-corrected chi connectivity index (χ2v) is 9.70. The number of hydrogen-bond acceptors (Lipinski definition) is 6. The molecule has 6 N–H and O–H groups in total. The number of amides is 1. The molecule has 1 heterocycles. The van der Waals surface area contributed by atoms with Crippen LogP contribution in [-0.4, -0.2) is 39.8 Å². The van der Waals surface area contributed by atoms with Crippen LogP contribution in [0.3, 0.4) is 0 Å². The van der Waals surface area contributed by atoms with Gasteiger partial charge in [0.25, 0.3) is 5.91 Å². The first-order chi connectivity index (χ1) is 17.2. The lowest BCUT2D eigenvalue weighted by molar-refractivity contribution is 0.0363. The summed E-state index contributed by atoms with van der Waals surface area (Å²) in [6.07, 6.45) is 0.0733. The number of benzene rings is 2. The predicted octanol–water partition coefficient (Wildman–Crippen LogP) is 4.16. The van der Waals surface area contributed by atoms with E-state index in [0.29, 0.717) is 34.1 Å². The number of halogens is 4. The minimum Gasteiger partial charge on any atom is -0.390 e. The third-order valence-electron chi connectivity index (χ3n) is 6.29. The molecule has 11 heteroatoms. The molecule has 1 fully saturated rings. The molecule has 1 saturated carbocycles. The van der Waals surface area contributed by atoms with Gasteiger partial charge in [-0.05, 0) is 55.2 Å². The van der Waals surface area contributed by atoms with E-state index in [9.17, 15) is 18.7 Å². The number of hydrogen-bond donors (Lipinski definition) is 4. The van der Waals surface area contributed by atoms with Gasteiger partial charge in [0.15, 0.2) is 0 Å². The maximum atomic E-state index is 15.0. The highest BCUT2D eigenvalue weighted by Crippen LogP contribution is 2.35. The second-order valence-electron chi connectivity index (χ2n) is 8.78. The summed E-state index contributed by atoms with van der Waals surface area (Å²) in [7, 11) is 0. The summed E-state index contributed by atoms with van der Waals surface area (Å²) in [5, 5.41) is 12.3. The van der Waals surface area contributed by atoms with Crippen LogP contribution < -0.4 is 16.8 Å². The molecule has 190 valence electrons. The van der Waals surface area contributed by atoms with Crippen LogP contribution in [0.15, 0.2) is 47.1 Å². The third-order valence-corrected chi connectivity index (χ3v) is 6.75. The monoisotopic (exact) mass is 563 g/mol. The summed E-state index contributed by atoms with van der Waals surface area (Å²) in [5.41, 5.74) is 13.0. The SMILES string of the molecule is NCC(NC(=O)c1ccc(-c2nc([C@@H]3CC[C@@H](O)[C@H](F)C3)cnc2N)cc1F)c1cc(F)cc(Br)c1. The molecule has 1 aliphatic rings. The summed E-state index contributed by atoms with van der Waals surface area (Å²) in [4.78, 5) is 21.4. The number of nitrogens with two attached hydrogens (primary N) is 2. The molecular weight excluding hydrogens is 539 g/mol. The molecule has 0 saturated heterocycles. The molecule has 4 atom stereocenters. The fourth-order valence-electron chi connectivity index (χ4n) is 4.33. The van der Waals surface area contributed by atoms with Gasteiger partial charge in [0, 0.05) is 22.5 Å². The standard InChI is InChI=1S/C25H25BrF3N5O2/c26-15-5-14(6-16(27)9-15)20(10-30)34-25(36)17-3-1-13(8-18(17)28)23-24(31)32-11-21(33-23)12-2-4-22(35)19(29)7-12/h1,3,5-6,8-9,11-12,19-20,22,35H,2,4,7,10,30H2,(H2,31,32)(H,34,36)/t12-,19-,20?,22-/m1/s1. The van der Waals surface area contributed by atoms with E-state index < -0.39 is 35.9 Å². The third kappa shape index (κ3) is 5.69. The highest BCUT2D eigenvalue weighted by Gasteiger charge is 2.31. The number of aromatic nitrogens is 2. The van der Waals surface area contributed by atoms with Crippen molar-refractivity contribution < 1.29 is 23.1 Å². The van der Waals surface area contributed by atoms with Gasteiger partial charge in [0.05, 0.1) is 29.6 Å². The Labute approximate surface area is 214 Å². The number of carbonyl (C=O) groups is 1. The summed E-state index contributed by atoms with van der Waals surface area (Å²) < 4.78 is 43.3. The number of aliphatic hydroxyl groups excluding tert-OH is 1. The maximum Gasteiger partial charge on any atom is 0.254 e. The van der Waals surface area contributed by atoms with Crippen LogP contribution in [0.5, 0.6) is 0 Å². The van der Waals surface area contributed by atoms with Crippen molar-refractivity contribution in [2.75, 3.05) is 12.3 Å². The van der Waals surface area contributed by atoms with Gasteiger partial charge >= 0.3 is 0 Å². The van der Waals surface area contributed by atoms with Gasteiger partial charge in [-0.1, -0.05) is 22.0 Å². The molecule has 0 aliphatic heterocycles. The quantitative estimate of drug-likeness (QED) is 0.356. The van der Waals surface area contributed by atoms with Gasteiger partial charge in [-0.3, -0.25) is 4.79 Å². The Morgan fingerprint density at radius 1 is 1.22 bits per heavy atom. The summed E-state index contributed by atoms with van der Waals surface area (Å²) in [6, 6.07) is 7.29. The Morgan fingerprint density at radius 2 is 2.00 bits per heavy atom. The molecule has 0 spiro atoms. The van der Waals surface area contributed by atoms with E-state index >= 15 is 4.39 Å². The lowest BCUT2D eigenvalue weighted by Gasteiger charge is -2.28. The highest BCUT2D eigenvalue weighted by molar-refractivity contribution is 9.10. The Hall–Kier alpha value is -3.02. The van der Waals surface area contributed by atoms with Crippen molar-refractivity contribution in [1.29, 1.82) is 0 Å². The van der Waals surface area contributed by atoms with E-state index in [4.69, 9.17) is 11.5 Å². The van der Waals surface area contributed by atoms with Crippen molar-refractivity contribution in [1.82, 2.24) is 15.3 Å². The number of nitrogens with zero attached hydrogens (tertiary/aromatic N) is 2. The van der Waals surface area contributed by atoms with Crippen LogP contribution in [-0.2, 0) is 0 Å². The average molecular weight is 564 g/mol. The first kappa shape index (κ1) is 26.1. The van der Waals surface area contributed by atoms with Crippen molar-refractivity contribution in [3.8, 4) is 11.3 Å². The summed E-state index contributed by atoms with van der Waals surface area (Å²) in [6.45, 7) is -0.0296. The molecule has 7 nitrogen and oxygen atoms in total. The number of anilines is 1. The van der Waals surface area contributed by atoms with E-state index in [-0.39, 0.29) is 36.0 Å². The Kier molecular flexibility index (Phi) is 7.91. The molecule has 4 rings (SSSR count). The van der Waals surface area contributed by atoms with Crippen LogP contribution in [0.4, 0.5) is 19.0 Å². The van der Waals surface area contributed by atoms with E-state index in [1.165, 1.54) is 30.5 Å². The van der Waals surface area contributed by atoms with Crippen LogP contribution in [0, 0.1) is 11.6 Å². The molecule has 1 amide bonds. The molecule has 3 aromatic rings. The average Bonchev–Trinajstić information content (AvgIpc) is 2.83. The van der Waals surface area contributed by atoms with Gasteiger partial charge in [-0.15, -0.1) is 0 Å². The van der Waals surface area contributed by atoms with Crippen molar-refractivity contribution in [3.05, 3.63) is 75.5 Å². The number of nitrogens with one attached hydrogen (secondary N) is 1. The van der Waals surface area contributed by atoms with Crippen molar-refractivity contribution >= 4 is 27.7 Å². The number of rotatable bonds is 6. The number of nitrogen functional groups attached to an aromatic ring is 1. The molecule has 0 bridgehead atoms. The molecule has 0 radical (unpaired) electrons. The van der Waals surface area contributed by atoms with E-state index in [0.717, 1.165) is 6.07 Å². The minimum atomic E-state index is -1.35. The fourth-order valence-corrected chi connectivity index (χ4v) is 4.81. The zero-order chi connectivity index (χ0) is 26.0. The first-order valence-electron chi connectivity index (χ1n) is 11.4. The van der Waals surface area contributed by atoms with Crippen LogP contribution in [0.2, 0.25) is 0 Å². The zero-order valence-corrected chi connectivity index (χ0v) is 20.7. The van der Waals surface area contributed by atoms with Crippen LogP contribution in [0.1, 0.15) is 52.8 Å². The van der Waals surface area contributed by atoms with Crippen molar-refractivity contribution in [3.63, 3.8) is 0 Å². The number of aliphatic hydroxyl groups is 1.